The summed E-state index contributed by atoms with van der Waals surface area (Å²) in [7, 11) is 1.93. The molecule has 1 fully saturated rings. The molecule has 27 heavy (non-hydrogen) atoms. The van der Waals surface area contributed by atoms with Crippen LogP contribution in [0.15, 0.2) is 65.8 Å². The number of rotatable bonds is 7. The first-order chi connectivity index (χ1) is 13.0. The standard InChI is InChI=1S/C23H26N4/c1-16(27-15-25)22(20-10-8-19(9-11-20)18-6-7-18)23(2,26-3)21-12-4-17(14-24)5-13-21/h4-5,8-13,15,18,22,26H,1,6-7H2,2-3H3,(H2,25,27)/t22?,23-/m1/s1. The zero-order valence-electron chi connectivity index (χ0n) is 15.9. The van der Waals surface area contributed by atoms with E-state index in [-0.39, 0.29) is 5.92 Å². The minimum atomic E-state index is -0.460. The highest BCUT2D eigenvalue weighted by Crippen LogP contribution is 2.44. The first-order valence-electron chi connectivity index (χ1n) is 9.26. The van der Waals surface area contributed by atoms with E-state index in [1.54, 1.807) is 0 Å². The third-order valence-electron chi connectivity index (χ3n) is 5.60. The van der Waals surface area contributed by atoms with Gasteiger partial charge < -0.3 is 11.1 Å². The molecule has 2 aromatic rings. The fourth-order valence-corrected chi connectivity index (χ4v) is 3.75. The summed E-state index contributed by atoms with van der Waals surface area (Å²) in [6, 6.07) is 18.6. The zero-order valence-corrected chi connectivity index (χ0v) is 15.9. The number of nitriles is 1. The maximum absolute atomic E-state index is 9.10. The van der Waals surface area contributed by atoms with Gasteiger partial charge in [0.15, 0.2) is 0 Å². The summed E-state index contributed by atoms with van der Waals surface area (Å²) in [5, 5.41) is 12.6. The molecule has 0 heterocycles. The highest BCUT2D eigenvalue weighted by Gasteiger charge is 2.38. The Kier molecular flexibility index (Phi) is 5.43. The molecule has 1 aliphatic rings. The monoisotopic (exact) mass is 358 g/mol. The van der Waals surface area contributed by atoms with Crippen LogP contribution < -0.4 is 11.1 Å². The van der Waals surface area contributed by atoms with Crippen LogP contribution in [0.25, 0.3) is 0 Å². The minimum Gasteiger partial charge on any atom is -0.390 e. The van der Waals surface area contributed by atoms with E-state index < -0.39 is 5.54 Å². The molecule has 2 aromatic carbocycles. The van der Waals surface area contributed by atoms with Crippen molar-refractivity contribution in [3.8, 4) is 6.07 Å². The molecule has 4 nitrogen and oxygen atoms in total. The Morgan fingerprint density at radius 1 is 1.26 bits per heavy atom. The van der Waals surface area contributed by atoms with E-state index in [9.17, 15) is 0 Å². The normalized spacial score (nSPS) is 17.2. The number of hydrogen-bond donors (Lipinski definition) is 2. The van der Waals surface area contributed by atoms with Crippen molar-refractivity contribution in [3.05, 3.63) is 83.1 Å². The average Bonchev–Trinajstić information content (AvgIpc) is 3.54. The summed E-state index contributed by atoms with van der Waals surface area (Å²) in [5.41, 5.74) is 10.0. The van der Waals surface area contributed by atoms with Gasteiger partial charge in [-0.1, -0.05) is 43.0 Å². The fourth-order valence-electron chi connectivity index (χ4n) is 3.75. The largest absolute Gasteiger partial charge is 0.390 e. The van der Waals surface area contributed by atoms with Crippen LogP contribution in [0.1, 0.15) is 53.9 Å². The van der Waals surface area contributed by atoms with E-state index in [4.69, 9.17) is 11.0 Å². The smallest absolute Gasteiger partial charge is 0.0991 e. The Morgan fingerprint density at radius 2 is 1.89 bits per heavy atom. The van der Waals surface area contributed by atoms with Crippen molar-refractivity contribution < 1.29 is 0 Å². The Hall–Kier alpha value is -2.90. The number of nitrogens with zero attached hydrogens (tertiary/aromatic N) is 2. The highest BCUT2D eigenvalue weighted by atomic mass is 15.0. The van der Waals surface area contributed by atoms with Gasteiger partial charge in [0.25, 0.3) is 0 Å². The maximum atomic E-state index is 9.10. The quantitative estimate of drug-likeness (QED) is 0.577. The van der Waals surface area contributed by atoms with Gasteiger partial charge in [-0.2, -0.15) is 5.26 Å². The molecule has 0 bridgehead atoms. The summed E-state index contributed by atoms with van der Waals surface area (Å²) in [4.78, 5) is 4.31. The summed E-state index contributed by atoms with van der Waals surface area (Å²) in [6.45, 7) is 6.32. The first-order valence-corrected chi connectivity index (χ1v) is 9.26. The third kappa shape index (κ3) is 3.79. The van der Waals surface area contributed by atoms with E-state index in [1.165, 1.54) is 24.7 Å². The molecule has 1 unspecified atom stereocenters. The number of nitrogens with two attached hydrogens (primary N) is 1. The number of aliphatic imine (C=N–C) groups is 1. The van der Waals surface area contributed by atoms with Crippen molar-refractivity contribution in [2.45, 2.75) is 37.1 Å². The van der Waals surface area contributed by atoms with Gasteiger partial charge in [0, 0.05) is 11.6 Å². The predicted molar refractivity (Wildman–Crippen MR) is 111 cm³/mol. The molecule has 0 spiro atoms. The van der Waals surface area contributed by atoms with Crippen molar-refractivity contribution in [3.63, 3.8) is 0 Å². The van der Waals surface area contributed by atoms with Crippen LogP contribution in [0.2, 0.25) is 0 Å². The molecule has 2 atom stereocenters. The van der Waals surface area contributed by atoms with Crippen LogP contribution in [0.3, 0.4) is 0 Å². The predicted octanol–water partition coefficient (Wildman–Crippen LogP) is 4.15. The van der Waals surface area contributed by atoms with Gasteiger partial charge in [0.1, 0.15) is 0 Å². The number of likely N-dealkylation sites (N-methyl/N-ethyl adjacent to an activating group) is 1. The molecule has 0 saturated heterocycles. The molecule has 4 heteroatoms. The fraction of sp³-hybridized carbons (Fsp3) is 0.304. The number of nitrogens with one attached hydrogen (secondary N) is 1. The van der Waals surface area contributed by atoms with E-state index in [2.05, 4.69) is 54.1 Å². The molecule has 3 N–H and O–H groups in total. The first kappa shape index (κ1) is 18.9. The van der Waals surface area contributed by atoms with Gasteiger partial charge in [-0.3, -0.25) is 0 Å². The van der Waals surface area contributed by atoms with E-state index in [1.807, 2.05) is 31.3 Å². The van der Waals surface area contributed by atoms with Gasteiger partial charge in [-0.25, -0.2) is 4.99 Å². The second-order valence-corrected chi connectivity index (χ2v) is 7.28. The van der Waals surface area contributed by atoms with Crippen molar-refractivity contribution in [1.82, 2.24) is 5.32 Å². The Labute approximate surface area is 161 Å². The molecule has 3 rings (SSSR count). The van der Waals surface area contributed by atoms with Crippen molar-refractivity contribution in [2.24, 2.45) is 10.7 Å². The Morgan fingerprint density at radius 3 is 2.37 bits per heavy atom. The SMILES string of the molecule is C=C(N=CN)C(c1ccc(C2CC2)cc1)[C@](C)(NC)c1ccc(C#N)cc1. The van der Waals surface area contributed by atoms with E-state index in [0.717, 1.165) is 17.0 Å². The molecule has 0 aromatic heterocycles. The zero-order chi connectivity index (χ0) is 19.4. The molecule has 138 valence electrons. The molecule has 1 aliphatic carbocycles. The van der Waals surface area contributed by atoms with Crippen molar-refractivity contribution in [1.29, 1.82) is 5.26 Å². The second-order valence-electron chi connectivity index (χ2n) is 7.28. The van der Waals surface area contributed by atoms with E-state index >= 15 is 0 Å². The molecule has 0 radical (unpaired) electrons. The van der Waals surface area contributed by atoms with Gasteiger partial charge in [-0.05, 0) is 61.6 Å². The lowest BCUT2D eigenvalue weighted by Gasteiger charge is -2.38. The third-order valence-corrected chi connectivity index (χ3v) is 5.60. The minimum absolute atomic E-state index is 0.108. The summed E-state index contributed by atoms with van der Waals surface area (Å²) >= 11 is 0. The lowest BCUT2D eigenvalue weighted by molar-refractivity contribution is 0.348. The summed E-state index contributed by atoms with van der Waals surface area (Å²) in [6.07, 6.45) is 3.86. The topological polar surface area (TPSA) is 74.2 Å². The van der Waals surface area contributed by atoms with Gasteiger partial charge in [0.05, 0.1) is 23.5 Å². The highest BCUT2D eigenvalue weighted by molar-refractivity contribution is 5.55. The van der Waals surface area contributed by atoms with Crippen molar-refractivity contribution in [2.75, 3.05) is 7.05 Å². The van der Waals surface area contributed by atoms with Gasteiger partial charge in [0.2, 0.25) is 0 Å². The van der Waals surface area contributed by atoms with Gasteiger partial charge >= 0.3 is 0 Å². The lowest BCUT2D eigenvalue weighted by atomic mass is 9.74. The molecule has 0 aliphatic heterocycles. The maximum Gasteiger partial charge on any atom is 0.0991 e. The molecule has 1 saturated carbocycles. The van der Waals surface area contributed by atoms with E-state index in [0.29, 0.717) is 11.3 Å². The number of benzene rings is 2. The molecular weight excluding hydrogens is 332 g/mol. The summed E-state index contributed by atoms with van der Waals surface area (Å²) in [5.74, 6) is 0.612. The van der Waals surface area contributed by atoms with Gasteiger partial charge in [-0.15, -0.1) is 0 Å². The number of hydrogen-bond acceptors (Lipinski definition) is 3. The lowest BCUT2D eigenvalue weighted by Crippen LogP contribution is -2.43. The van der Waals surface area contributed by atoms with Crippen LogP contribution in [0.4, 0.5) is 0 Å². The van der Waals surface area contributed by atoms with Crippen LogP contribution >= 0.6 is 0 Å². The molecular formula is C23H26N4. The second kappa shape index (κ2) is 7.77. The van der Waals surface area contributed by atoms with Crippen molar-refractivity contribution >= 4 is 6.34 Å². The molecule has 0 amide bonds. The Bertz CT molecular complexity index is 870. The Balaban J connectivity index is 2.05. The van der Waals surface area contributed by atoms with Crippen LogP contribution in [-0.4, -0.2) is 13.4 Å². The van der Waals surface area contributed by atoms with Crippen LogP contribution in [0.5, 0.6) is 0 Å². The van der Waals surface area contributed by atoms with Crippen LogP contribution in [0, 0.1) is 11.3 Å². The van der Waals surface area contributed by atoms with Crippen LogP contribution in [-0.2, 0) is 5.54 Å². The average molecular weight is 358 g/mol. The summed E-state index contributed by atoms with van der Waals surface area (Å²) < 4.78 is 0.